The molecule has 1 amide bonds. The van der Waals surface area contributed by atoms with E-state index in [1.54, 1.807) is 20.3 Å². The lowest BCUT2D eigenvalue weighted by Gasteiger charge is -2.33. The second-order valence-corrected chi connectivity index (χ2v) is 13.9. The van der Waals surface area contributed by atoms with Crippen LogP contribution < -0.4 is 15.4 Å². The fourth-order valence-corrected chi connectivity index (χ4v) is 7.90. The molecule has 0 aliphatic carbocycles. The van der Waals surface area contributed by atoms with Gasteiger partial charge in [0.25, 0.3) is 5.91 Å². The van der Waals surface area contributed by atoms with Gasteiger partial charge in [0.15, 0.2) is 5.82 Å². The number of nitrogens with zero attached hydrogens (tertiary/aromatic N) is 7. The van der Waals surface area contributed by atoms with Crippen LogP contribution >= 0.6 is 0 Å². The number of imidazole rings is 1. The fraction of sp³-hybridized carbons (Fsp3) is 0.500. The fourth-order valence-electron chi connectivity index (χ4n) is 7.90. The summed E-state index contributed by atoms with van der Waals surface area (Å²) in [6, 6.07) is 0.978. The SMILES string of the molecule is C=C1CN2CCCC2(COc2nc3c(c(N4CCCn5cc(C(=O)N(C)C)nc5C4)n2)COC(c2c(F)c(N)cc(C#CC)c2C(F)(F)F)C3)C1. The van der Waals surface area contributed by atoms with Gasteiger partial charge in [-0.1, -0.05) is 18.1 Å². The van der Waals surface area contributed by atoms with Crippen molar-refractivity contribution >= 4 is 17.4 Å². The molecule has 7 rings (SSSR count). The summed E-state index contributed by atoms with van der Waals surface area (Å²) < 4.78 is 73.8. The summed E-state index contributed by atoms with van der Waals surface area (Å²) in [4.78, 5) is 32.8. The standard InChI is InChI=1S/C36H40F4N8O3/c1-5-8-22-13-24(41)31(37)29(30(22)36(38,39)40)27-14-25-23(19-50-27)32(44-34(43-25)51-20-35-9-6-12-48(35)16-21(2)15-35)47-11-7-10-46-17-26(33(49)45(3)4)42-28(46)18-47/h13,17,27H,2,6-7,9-12,14-16,18-20,41H2,1,3-4H3. The number of anilines is 2. The maximum atomic E-state index is 15.7. The minimum absolute atomic E-state index is 0.0702. The van der Waals surface area contributed by atoms with Gasteiger partial charge in [-0.05, 0) is 45.2 Å². The molecule has 0 saturated carbocycles. The van der Waals surface area contributed by atoms with Crippen LogP contribution in [0.15, 0.2) is 24.4 Å². The highest BCUT2D eigenvalue weighted by atomic mass is 19.4. The normalized spacial score (nSPS) is 21.7. The lowest BCUT2D eigenvalue weighted by Crippen LogP contribution is -2.43. The Morgan fingerprint density at radius 1 is 1.20 bits per heavy atom. The molecular weight excluding hydrogens is 668 g/mol. The molecule has 4 aliphatic heterocycles. The van der Waals surface area contributed by atoms with Gasteiger partial charge in [0.1, 0.15) is 23.9 Å². The molecule has 2 N–H and O–H groups in total. The molecule has 2 atom stereocenters. The molecule has 270 valence electrons. The maximum absolute atomic E-state index is 15.7. The Labute approximate surface area is 293 Å². The second kappa shape index (κ2) is 13.1. The number of nitrogens with two attached hydrogens (primary N) is 1. The summed E-state index contributed by atoms with van der Waals surface area (Å²) in [5, 5.41) is 0. The van der Waals surface area contributed by atoms with E-state index in [2.05, 4.69) is 28.3 Å². The van der Waals surface area contributed by atoms with Crippen molar-refractivity contribution in [3.05, 3.63) is 69.7 Å². The molecule has 2 saturated heterocycles. The van der Waals surface area contributed by atoms with E-state index in [0.717, 1.165) is 44.0 Å². The summed E-state index contributed by atoms with van der Waals surface area (Å²) >= 11 is 0. The molecule has 0 spiro atoms. The van der Waals surface area contributed by atoms with Crippen LogP contribution in [0.5, 0.6) is 6.01 Å². The molecule has 1 aromatic carbocycles. The Kier molecular flexibility index (Phi) is 8.95. The largest absolute Gasteiger partial charge is 0.461 e. The quantitative estimate of drug-likeness (QED) is 0.166. The lowest BCUT2D eigenvalue weighted by molar-refractivity contribution is -0.140. The zero-order valence-corrected chi connectivity index (χ0v) is 28.9. The average Bonchev–Trinajstić information content (AvgIpc) is 3.70. The third-order valence-corrected chi connectivity index (χ3v) is 10.2. The molecule has 15 heteroatoms. The van der Waals surface area contributed by atoms with Crippen molar-refractivity contribution in [3.63, 3.8) is 0 Å². The Morgan fingerprint density at radius 3 is 2.75 bits per heavy atom. The first kappa shape index (κ1) is 34.8. The Bertz CT molecular complexity index is 1970. The number of alkyl halides is 3. The number of halogens is 4. The first-order valence-corrected chi connectivity index (χ1v) is 17.0. The van der Waals surface area contributed by atoms with Crippen LogP contribution in [0.3, 0.4) is 0 Å². The number of hydrogen-bond acceptors (Lipinski definition) is 9. The molecule has 3 aromatic rings. The average molecular weight is 709 g/mol. The van der Waals surface area contributed by atoms with E-state index in [0.29, 0.717) is 61.3 Å². The first-order valence-electron chi connectivity index (χ1n) is 17.0. The van der Waals surface area contributed by atoms with Crippen LogP contribution in [0.4, 0.5) is 29.1 Å². The molecule has 11 nitrogen and oxygen atoms in total. The minimum Gasteiger partial charge on any atom is -0.461 e. The van der Waals surface area contributed by atoms with E-state index in [4.69, 9.17) is 25.2 Å². The van der Waals surface area contributed by atoms with Crippen LogP contribution in [-0.4, -0.2) is 81.1 Å². The molecule has 2 unspecified atom stereocenters. The van der Waals surface area contributed by atoms with Crippen molar-refractivity contribution in [3.8, 4) is 17.9 Å². The molecule has 0 bridgehead atoms. The summed E-state index contributed by atoms with van der Waals surface area (Å²) in [6.07, 6.45) is -1.29. The van der Waals surface area contributed by atoms with E-state index in [1.807, 2.05) is 9.47 Å². The second-order valence-electron chi connectivity index (χ2n) is 13.9. The Balaban J connectivity index is 1.29. The van der Waals surface area contributed by atoms with E-state index < -0.39 is 40.5 Å². The van der Waals surface area contributed by atoms with Crippen molar-refractivity contribution in [2.24, 2.45) is 0 Å². The van der Waals surface area contributed by atoms with Gasteiger partial charge in [0.05, 0.1) is 41.7 Å². The number of hydrogen-bond donors (Lipinski definition) is 1. The van der Waals surface area contributed by atoms with E-state index in [9.17, 15) is 18.0 Å². The van der Waals surface area contributed by atoms with Gasteiger partial charge in [-0.15, -0.1) is 5.92 Å². The van der Waals surface area contributed by atoms with Gasteiger partial charge in [-0.2, -0.15) is 23.1 Å². The monoisotopic (exact) mass is 708 g/mol. The van der Waals surface area contributed by atoms with E-state index in [1.165, 1.54) is 11.8 Å². The van der Waals surface area contributed by atoms with Gasteiger partial charge in [0, 0.05) is 63.0 Å². The number of rotatable bonds is 6. The van der Waals surface area contributed by atoms with Gasteiger partial charge in [-0.25, -0.2) is 9.37 Å². The molecule has 4 aliphatic rings. The summed E-state index contributed by atoms with van der Waals surface area (Å²) in [6.45, 7) is 8.94. The number of aryl methyl sites for hydroxylation is 1. The molecule has 51 heavy (non-hydrogen) atoms. The van der Waals surface area contributed by atoms with Crippen LogP contribution in [0.2, 0.25) is 0 Å². The van der Waals surface area contributed by atoms with Gasteiger partial charge >= 0.3 is 12.2 Å². The highest BCUT2D eigenvalue weighted by Gasteiger charge is 2.47. The van der Waals surface area contributed by atoms with Crippen molar-refractivity contribution < 1.29 is 31.8 Å². The van der Waals surface area contributed by atoms with Crippen molar-refractivity contribution in [1.29, 1.82) is 0 Å². The van der Waals surface area contributed by atoms with Gasteiger partial charge in [0.2, 0.25) is 0 Å². The minimum atomic E-state index is -4.93. The number of aromatic nitrogens is 4. The Hall–Kier alpha value is -4.68. The summed E-state index contributed by atoms with van der Waals surface area (Å²) in [7, 11) is 3.33. The number of fused-ring (bicyclic) bond motifs is 3. The summed E-state index contributed by atoms with van der Waals surface area (Å²) in [5.41, 5.74) is 5.27. The number of nitrogen functional groups attached to an aromatic ring is 1. The lowest BCUT2D eigenvalue weighted by atomic mass is 9.91. The Morgan fingerprint density at radius 2 is 2.00 bits per heavy atom. The number of carbonyl (C=O) groups is 1. The van der Waals surface area contributed by atoms with Gasteiger partial charge < -0.3 is 29.6 Å². The van der Waals surface area contributed by atoms with Crippen LogP contribution in [0.1, 0.15) is 83.0 Å². The van der Waals surface area contributed by atoms with Crippen LogP contribution in [0, 0.1) is 17.7 Å². The smallest absolute Gasteiger partial charge is 0.418 e. The predicted octanol–water partition coefficient (Wildman–Crippen LogP) is 4.88. The summed E-state index contributed by atoms with van der Waals surface area (Å²) in [5.74, 6) is 4.64. The molecular formula is C36H40F4N8O3. The van der Waals surface area contributed by atoms with Crippen molar-refractivity contribution in [2.45, 2.75) is 76.5 Å². The molecule has 0 radical (unpaired) electrons. The van der Waals surface area contributed by atoms with E-state index in [-0.39, 0.29) is 30.5 Å². The molecule has 2 aromatic heterocycles. The molecule has 6 heterocycles. The van der Waals surface area contributed by atoms with Gasteiger partial charge in [-0.3, -0.25) is 9.69 Å². The predicted molar refractivity (Wildman–Crippen MR) is 180 cm³/mol. The maximum Gasteiger partial charge on any atom is 0.418 e. The zero-order valence-electron chi connectivity index (χ0n) is 28.9. The first-order chi connectivity index (χ1) is 24.3. The molecule has 2 fully saturated rings. The highest BCUT2D eigenvalue weighted by Crippen LogP contribution is 2.45. The van der Waals surface area contributed by atoms with Crippen LogP contribution in [0.25, 0.3) is 0 Å². The number of benzene rings is 1. The van der Waals surface area contributed by atoms with Crippen molar-refractivity contribution in [1.82, 2.24) is 29.3 Å². The van der Waals surface area contributed by atoms with Crippen LogP contribution in [-0.2, 0) is 37.0 Å². The topological polar surface area (TPSA) is 115 Å². The van der Waals surface area contributed by atoms with E-state index >= 15 is 4.39 Å². The number of ether oxygens (including phenoxy) is 2. The highest BCUT2D eigenvalue weighted by molar-refractivity contribution is 5.91. The number of carbonyl (C=O) groups excluding carboxylic acids is 1. The van der Waals surface area contributed by atoms with Crippen molar-refractivity contribution in [2.75, 3.05) is 51.0 Å². The third kappa shape index (κ3) is 6.40. The third-order valence-electron chi connectivity index (χ3n) is 10.2. The number of amides is 1. The zero-order chi connectivity index (χ0) is 36.2.